The minimum absolute atomic E-state index is 0.342. The highest BCUT2D eigenvalue weighted by atomic mass is 79.9. The summed E-state index contributed by atoms with van der Waals surface area (Å²) in [5.41, 5.74) is 1.78. The fraction of sp³-hybridized carbons (Fsp3) is 0.222. The molecule has 2 atom stereocenters. The number of carboxylic acids is 1. The highest BCUT2D eigenvalue weighted by Crippen LogP contribution is 2.42. The third-order valence-corrected chi connectivity index (χ3v) is 4.90. The second-order valence-corrected chi connectivity index (χ2v) is 6.98. The van der Waals surface area contributed by atoms with E-state index in [4.69, 9.17) is 26.2 Å². The number of halogens is 2. The fourth-order valence-electron chi connectivity index (χ4n) is 2.81. The number of rotatable bonds is 4. The molecule has 0 aliphatic carbocycles. The molecule has 8 heteroatoms. The molecule has 1 aliphatic heterocycles. The summed E-state index contributed by atoms with van der Waals surface area (Å²) in [5, 5.41) is 12.2. The maximum absolute atomic E-state index is 12.4. The number of carbonyl (C=O) groups excluding carboxylic acids is 1. The number of methoxy groups -OCH3 is 1. The van der Waals surface area contributed by atoms with Gasteiger partial charge in [-0.1, -0.05) is 39.7 Å². The predicted octanol–water partition coefficient (Wildman–Crippen LogP) is 4.01. The van der Waals surface area contributed by atoms with E-state index in [0.29, 0.717) is 27.6 Å². The number of benzene rings is 2. The summed E-state index contributed by atoms with van der Waals surface area (Å²) in [6.07, 6.45) is -2.36. The summed E-state index contributed by atoms with van der Waals surface area (Å²) in [4.78, 5) is 23.6. The molecule has 1 aliphatic rings. The van der Waals surface area contributed by atoms with Crippen LogP contribution in [-0.2, 0) is 14.3 Å². The van der Waals surface area contributed by atoms with E-state index in [9.17, 15) is 9.59 Å². The molecule has 1 amide bonds. The number of ether oxygens (including phenoxy) is 2. The Morgan fingerprint density at radius 2 is 2.12 bits per heavy atom. The van der Waals surface area contributed by atoms with Gasteiger partial charge in [-0.25, -0.2) is 0 Å². The minimum atomic E-state index is -1.16. The number of aliphatic carboxylic acids is 1. The van der Waals surface area contributed by atoms with Crippen LogP contribution in [0.15, 0.2) is 40.9 Å². The lowest BCUT2D eigenvalue weighted by molar-refractivity contribution is -0.146. The van der Waals surface area contributed by atoms with Gasteiger partial charge in [-0.3, -0.25) is 9.59 Å². The average Bonchev–Trinajstić information content (AvgIpc) is 2.72. The van der Waals surface area contributed by atoms with Gasteiger partial charge in [0.1, 0.15) is 18.0 Å². The molecule has 0 unspecified atom stereocenters. The molecule has 136 valence electrons. The third-order valence-electron chi connectivity index (χ3n) is 4.00. The molecule has 0 saturated heterocycles. The first-order chi connectivity index (χ1) is 12.4. The summed E-state index contributed by atoms with van der Waals surface area (Å²) >= 11 is 9.87. The smallest absolute Gasteiger partial charge is 0.306 e. The lowest BCUT2D eigenvalue weighted by Gasteiger charge is -2.22. The highest BCUT2D eigenvalue weighted by Gasteiger charge is 2.34. The summed E-state index contributed by atoms with van der Waals surface area (Å²) in [6.45, 7) is 0. The van der Waals surface area contributed by atoms with Crippen LogP contribution in [-0.4, -0.2) is 30.2 Å². The number of carbonyl (C=O) groups is 2. The third kappa shape index (κ3) is 3.70. The minimum Gasteiger partial charge on any atom is -0.495 e. The highest BCUT2D eigenvalue weighted by molar-refractivity contribution is 9.10. The van der Waals surface area contributed by atoms with Crippen molar-refractivity contribution < 1.29 is 24.2 Å². The van der Waals surface area contributed by atoms with Crippen LogP contribution in [0.2, 0.25) is 5.02 Å². The van der Waals surface area contributed by atoms with Gasteiger partial charge in [-0.2, -0.15) is 0 Å². The molecule has 0 bridgehead atoms. The molecule has 0 aromatic heterocycles. The van der Waals surface area contributed by atoms with Crippen LogP contribution in [0.5, 0.6) is 5.75 Å². The monoisotopic (exact) mass is 439 g/mol. The van der Waals surface area contributed by atoms with Crippen molar-refractivity contribution in [2.75, 3.05) is 12.4 Å². The zero-order valence-electron chi connectivity index (χ0n) is 13.7. The largest absolute Gasteiger partial charge is 0.495 e. The molecule has 1 heterocycles. The number of carboxylic acid groups (broad SMARTS) is 1. The molecule has 2 aromatic carbocycles. The predicted molar refractivity (Wildman–Crippen MR) is 99.7 cm³/mol. The normalized spacial score (nSPS) is 19.3. The van der Waals surface area contributed by atoms with E-state index in [1.807, 2.05) is 0 Å². The number of hydrogen-bond acceptors (Lipinski definition) is 4. The van der Waals surface area contributed by atoms with Gasteiger partial charge in [0, 0.05) is 21.3 Å². The van der Waals surface area contributed by atoms with Crippen molar-refractivity contribution in [1.82, 2.24) is 0 Å². The number of hydrogen-bond donors (Lipinski definition) is 2. The Kier molecular flexibility index (Phi) is 5.50. The van der Waals surface area contributed by atoms with E-state index in [-0.39, 0.29) is 0 Å². The van der Waals surface area contributed by atoms with Gasteiger partial charge in [0.2, 0.25) is 0 Å². The van der Waals surface area contributed by atoms with E-state index >= 15 is 0 Å². The standard InChI is InChI=1S/C18H15BrClNO5/c1-25-13-4-2-3-10(16(13)20)17-11-7-9(19)5-6-12(11)21-18(24)14(26-17)8-15(22)23/h2-7,14,17H,8H2,1H3,(H,21,24)(H,22,23)/t14-,17-/m0/s1. The Balaban J connectivity index is 2.15. The van der Waals surface area contributed by atoms with E-state index in [1.54, 1.807) is 36.4 Å². The summed E-state index contributed by atoms with van der Waals surface area (Å²) < 4.78 is 12.0. The van der Waals surface area contributed by atoms with Crippen LogP contribution in [0.4, 0.5) is 5.69 Å². The first-order valence-corrected chi connectivity index (χ1v) is 8.87. The topological polar surface area (TPSA) is 84.9 Å². The quantitative estimate of drug-likeness (QED) is 0.750. The van der Waals surface area contributed by atoms with Gasteiger partial charge >= 0.3 is 5.97 Å². The Hall–Kier alpha value is -2.09. The Labute approximate surface area is 163 Å². The first kappa shape index (κ1) is 18.7. The van der Waals surface area contributed by atoms with Crippen LogP contribution >= 0.6 is 27.5 Å². The fourth-order valence-corrected chi connectivity index (χ4v) is 3.49. The average molecular weight is 441 g/mol. The molecule has 0 radical (unpaired) electrons. The molecular formula is C18H15BrClNO5. The Morgan fingerprint density at radius 1 is 1.35 bits per heavy atom. The molecule has 6 nitrogen and oxygen atoms in total. The summed E-state index contributed by atoms with van der Waals surface area (Å²) in [6, 6.07) is 10.5. The maximum Gasteiger partial charge on any atom is 0.306 e. The molecule has 0 fully saturated rings. The van der Waals surface area contributed by atoms with Gasteiger partial charge < -0.3 is 19.9 Å². The van der Waals surface area contributed by atoms with Crippen molar-refractivity contribution in [3.05, 3.63) is 57.0 Å². The van der Waals surface area contributed by atoms with Crippen molar-refractivity contribution in [3.63, 3.8) is 0 Å². The van der Waals surface area contributed by atoms with E-state index in [2.05, 4.69) is 21.2 Å². The molecule has 3 rings (SSSR count). The lowest BCUT2D eigenvalue weighted by Crippen LogP contribution is -2.31. The van der Waals surface area contributed by atoms with Crippen molar-refractivity contribution in [3.8, 4) is 5.75 Å². The van der Waals surface area contributed by atoms with E-state index in [0.717, 1.165) is 4.47 Å². The van der Waals surface area contributed by atoms with Gasteiger partial charge in [0.25, 0.3) is 5.91 Å². The van der Waals surface area contributed by atoms with Crippen LogP contribution in [0.3, 0.4) is 0 Å². The number of anilines is 1. The van der Waals surface area contributed by atoms with Crippen molar-refractivity contribution in [2.24, 2.45) is 0 Å². The van der Waals surface area contributed by atoms with Crippen LogP contribution < -0.4 is 10.1 Å². The van der Waals surface area contributed by atoms with Gasteiger partial charge in [0.15, 0.2) is 0 Å². The van der Waals surface area contributed by atoms with Crippen molar-refractivity contribution >= 4 is 45.1 Å². The maximum atomic E-state index is 12.4. The molecule has 2 aromatic rings. The first-order valence-electron chi connectivity index (χ1n) is 7.70. The van der Waals surface area contributed by atoms with Gasteiger partial charge in [0.05, 0.1) is 18.6 Å². The number of amides is 1. The Morgan fingerprint density at radius 3 is 2.81 bits per heavy atom. The van der Waals surface area contributed by atoms with Crippen molar-refractivity contribution in [2.45, 2.75) is 18.6 Å². The summed E-state index contributed by atoms with van der Waals surface area (Å²) in [5.74, 6) is -1.19. The van der Waals surface area contributed by atoms with Gasteiger partial charge in [-0.05, 0) is 24.3 Å². The molecule has 26 heavy (non-hydrogen) atoms. The SMILES string of the molecule is COc1cccc([C@@H]2O[C@@H](CC(=O)O)C(=O)Nc3ccc(Br)cc32)c1Cl. The van der Waals surface area contributed by atoms with Crippen LogP contribution in [0.1, 0.15) is 23.7 Å². The number of nitrogens with one attached hydrogen (secondary N) is 1. The summed E-state index contributed by atoms with van der Waals surface area (Å²) in [7, 11) is 1.50. The lowest BCUT2D eigenvalue weighted by atomic mass is 9.99. The number of fused-ring (bicyclic) bond motifs is 1. The Bertz CT molecular complexity index is 873. The second kappa shape index (κ2) is 7.65. The molecule has 0 spiro atoms. The zero-order valence-corrected chi connectivity index (χ0v) is 16.0. The van der Waals surface area contributed by atoms with Gasteiger partial charge in [-0.15, -0.1) is 0 Å². The zero-order chi connectivity index (χ0) is 18.8. The van der Waals surface area contributed by atoms with Crippen LogP contribution in [0, 0.1) is 0 Å². The van der Waals surface area contributed by atoms with Crippen molar-refractivity contribution in [1.29, 1.82) is 0 Å². The van der Waals surface area contributed by atoms with E-state index in [1.165, 1.54) is 7.11 Å². The second-order valence-electron chi connectivity index (χ2n) is 5.69. The van der Waals surface area contributed by atoms with Crippen LogP contribution in [0.25, 0.3) is 0 Å². The molecular weight excluding hydrogens is 426 g/mol. The molecule has 2 N–H and O–H groups in total. The molecule has 0 saturated carbocycles. The van der Waals surface area contributed by atoms with E-state index < -0.39 is 30.5 Å².